The average Bonchev–Trinajstić information content (AvgIpc) is 3.21. The average molecular weight is 373 g/mol. The third kappa shape index (κ3) is 5.06. The number of carbonyl (C=O) groups excluding carboxylic acids is 2. The third-order valence-corrected chi connectivity index (χ3v) is 5.82. The van der Waals surface area contributed by atoms with Gasteiger partial charge >= 0.3 is 0 Å². The molecule has 1 aromatic rings. The SMILES string of the molecule is CC(C)C(=O)N1CCN(C(C(=O)NCc2cccnc2)C2CCCC2)CC1. The number of rotatable bonds is 6. The van der Waals surface area contributed by atoms with Crippen molar-refractivity contribution >= 4 is 11.8 Å². The van der Waals surface area contributed by atoms with Crippen LogP contribution in [0.4, 0.5) is 0 Å². The van der Waals surface area contributed by atoms with Crippen molar-refractivity contribution < 1.29 is 9.59 Å². The summed E-state index contributed by atoms with van der Waals surface area (Å²) in [6, 6.07) is 3.79. The summed E-state index contributed by atoms with van der Waals surface area (Å²) in [7, 11) is 0. The van der Waals surface area contributed by atoms with Gasteiger partial charge in [-0.05, 0) is 30.4 Å². The van der Waals surface area contributed by atoms with Crippen LogP contribution in [-0.2, 0) is 16.1 Å². The summed E-state index contributed by atoms with van der Waals surface area (Å²) in [5, 5.41) is 3.12. The van der Waals surface area contributed by atoms with Gasteiger partial charge in [-0.1, -0.05) is 32.8 Å². The molecule has 6 heteroatoms. The van der Waals surface area contributed by atoms with E-state index in [4.69, 9.17) is 0 Å². The molecule has 1 aromatic heterocycles. The fourth-order valence-corrected chi connectivity index (χ4v) is 4.33. The van der Waals surface area contributed by atoms with Gasteiger partial charge in [-0.2, -0.15) is 0 Å². The lowest BCUT2D eigenvalue weighted by Gasteiger charge is -2.41. The lowest BCUT2D eigenvalue weighted by Crippen LogP contribution is -2.58. The molecule has 2 fully saturated rings. The van der Waals surface area contributed by atoms with Crippen LogP contribution in [0, 0.1) is 11.8 Å². The Kier molecular flexibility index (Phi) is 6.83. The molecule has 1 saturated heterocycles. The second-order valence-electron chi connectivity index (χ2n) is 8.08. The summed E-state index contributed by atoms with van der Waals surface area (Å²) < 4.78 is 0. The van der Waals surface area contributed by atoms with Crippen LogP contribution in [0.25, 0.3) is 0 Å². The molecule has 148 valence electrons. The van der Waals surface area contributed by atoms with Gasteiger partial charge in [-0.3, -0.25) is 19.5 Å². The molecule has 0 bridgehead atoms. The first-order valence-electron chi connectivity index (χ1n) is 10.3. The Bertz CT molecular complexity index is 620. The molecule has 1 aliphatic heterocycles. The maximum Gasteiger partial charge on any atom is 0.237 e. The minimum Gasteiger partial charge on any atom is -0.351 e. The van der Waals surface area contributed by atoms with Gasteiger partial charge in [0.25, 0.3) is 0 Å². The summed E-state index contributed by atoms with van der Waals surface area (Å²) in [6.07, 6.45) is 8.20. The number of pyridine rings is 1. The van der Waals surface area contributed by atoms with E-state index in [1.54, 1.807) is 12.4 Å². The zero-order chi connectivity index (χ0) is 19.2. The molecule has 3 rings (SSSR count). The highest BCUT2D eigenvalue weighted by Crippen LogP contribution is 2.31. The van der Waals surface area contributed by atoms with Crippen molar-refractivity contribution in [3.05, 3.63) is 30.1 Å². The van der Waals surface area contributed by atoms with Gasteiger partial charge in [0.05, 0.1) is 6.04 Å². The Morgan fingerprint density at radius 2 is 1.89 bits per heavy atom. The number of piperazine rings is 1. The first-order valence-corrected chi connectivity index (χ1v) is 10.3. The van der Waals surface area contributed by atoms with Gasteiger partial charge in [0.1, 0.15) is 0 Å². The van der Waals surface area contributed by atoms with Crippen molar-refractivity contribution in [2.24, 2.45) is 11.8 Å². The zero-order valence-corrected chi connectivity index (χ0v) is 16.6. The largest absolute Gasteiger partial charge is 0.351 e. The minimum atomic E-state index is -0.0829. The fourth-order valence-electron chi connectivity index (χ4n) is 4.33. The highest BCUT2D eigenvalue weighted by molar-refractivity contribution is 5.82. The molecule has 27 heavy (non-hydrogen) atoms. The molecule has 6 nitrogen and oxygen atoms in total. The van der Waals surface area contributed by atoms with Crippen molar-refractivity contribution in [2.75, 3.05) is 26.2 Å². The van der Waals surface area contributed by atoms with Gasteiger partial charge in [0.2, 0.25) is 11.8 Å². The Hall–Kier alpha value is -1.95. The quantitative estimate of drug-likeness (QED) is 0.830. The highest BCUT2D eigenvalue weighted by Gasteiger charge is 2.37. The summed E-state index contributed by atoms with van der Waals surface area (Å²) in [5.74, 6) is 0.790. The second kappa shape index (κ2) is 9.31. The van der Waals surface area contributed by atoms with Crippen molar-refractivity contribution in [1.82, 2.24) is 20.1 Å². The Morgan fingerprint density at radius 3 is 2.48 bits per heavy atom. The van der Waals surface area contributed by atoms with Crippen LogP contribution >= 0.6 is 0 Å². The summed E-state index contributed by atoms with van der Waals surface area (Å²) in [5.41, 5.74) is 1.02. The molecule has 2 heterocycles. The van der Waals surface area contributed by atoms with Crippen molar-refractivity contribution in [2.45, 2.75) is 52.1 Å². The summed E-state index contributed by atoms with van der Waals surface area (Å²) in [6.45, 7) is 7.40. The molecule has 1 N–H and O–H groups in total. The van der Waals surface area contributed by atoms with Crippen LogP contribution < -0.4 is 5.32 Å². The number of aromatic nitrogens is 1. The van der Waals surface area contributed by atoms with Crippen molar-refractivity contribution in [1.29, 1.82) is 0 Å². The van der Waals surface area contributed by atoms with E-state index in [-0.39, 0.29) is 23.8 Å². The Morgan fingerprint density at radius 1 is 1.19 bits per heavy atom. The third-order valence-electron chi connectivity index (χ3n) is 5.82. The maximum absolute atomic E-state index is 13.1. The van der Waals surface area contributed by atoms with E-state index in [9.17, 15) is 9.59 Å². The topological polar surface area (TPSA) is 65.5 Å². The van der Waals surface area contributed by atoms with E-state index < -0.39 is 0 Å². The van der Waals surface area contributed by atoms with Gasteiger partial charge in [0, 0.05) is 51.0 Å². The normalized spacial score (nSPS) is 20.0. The lowest BCUT2D eigenvalue weighted by atomic mass is 9.94. The number of nitrogens with zero attached hydrogens (tertiary/aromatic N) is 3. The Labute approximate surface area is 162 Å². The highest BCUT2D eigenvalue weighted by atomic mass is 16.2. The molecule has 1 saturated carbocycles. The minimum absolute atomic E-state index is 0.0324. The fraction of sp³-hybridized carbons (Fsp3) is 0.667. The zero-order valence-electron chi connectivity index (χ0n) is 16.6. The van der Waals surface area contributed by atoms with E-state index in [1.807, 2.05) is 30.9 Å². The number of hydrogen-bond donors (Lipinski definition) is 1. The second-order valence-corrected chi connectivity index (χ2v) is 8.08. The first-order chi connectivity index (χ1) is 13.1. The Balaban J connectivity index is 1.61. The molecular weight excluding hydrogens is 340 g/mol. The number of hydrogen-bond acceptors (Lipinski definition) is 4. The van der Waals surface area contributed by atoms with Gasteiger partial charge in [0.15, 0.2) is 0 Å². The van der Waals surface area contributed by atoms with Crippen LogP contribution in [0.5, 0.6) is 0 Å². The molecule has 1 atom stereocenters. The molecule has 0 aromatic carbocycles. The predicted molar refractivity (Wildman–Crippen MR) is 105 cm³/mol. The van der Waals surface area contributed by atoms with Crippen LogP contribution in [0.3, 0.4) is 0 Å². The van der Waals surface area contributed by atoms with Crippen LogP contribution in [0.15, 0.2) is 24.5 Å². The molecule has 0 spiro atoms. The molecule has 1 aliphatic carbocycles. The molecule has 1 unspecified atom stereocenters. The number of nitrogens with one attached hydrogen (secondary N) is 1. The van der Waals surface area contributed by atoms with E-state index in [2.05, 4.69) is 15.2 Å². The monoisotopic (exact) mass is 372 g/mol. The van der Waals surface area contributed by atoms with Crippen LogP contribution in [0.1, 0.15) is 45.1 Å². The van der Waals surface area contributed by atoms with Gasteiger partial charge in [-0.15, -0.1) is 0 Å². The van der Waals surface area contributed by atoms with Crippen LogP contribution in [0.2, 0.25) is 0 Å². The molecule has 2 aliphatic rings. The smallest absolute Gasteiger partial charge is 0.237 e. The van der Waals surface area contributed by atoms with E-state index in [1.165, 1.54) is 12.8 Å². The summed E-state index contributed by atoms with van der Waals surface area (Å²) in [4.78, 5) is 33.7. The van der Waals surface area contributed by atoms with Crippen LogP contribution in [-0.4, -0.2) is 58.8 Å². The first kappa shape index (κ1) is 19.8. The summed E-state index contributed by atoms with van der Waals surface area (Å²) >= 11 is 0. The van der Waals surface area contributed by atoms with Crippen molar-refractivity contribution in [3.63, 3.8) is 0 Å². The number of carbonyl (C=O) groups is 2. The predicted octanol–water partition coefficient (Wildman–Crippen LogP) is 2.06. The van der Waals surface area contributed by atoms with E-state index in [0.29, 0.717) is 12.5 Å². The lowest BCUT2D eigenvalue weighted by molar-refractivity contribution is -0.138. The van der Waals surface area contributed by atoms with Gasteiger partial charge in [-0.25, -0.2) is 0 Å². The van der Waals surface area contributed by atoms with E-state index in [0.717, 1.165) is 44.6 Å². The molecule has 2 amide bonds. The molecule has 0 radical (unpaired) electrons. The maximum atomic E-state index is 13.1. The van der Waals surface area contributed by atoms with E-state index >= 15 is 0 Å². The standard InChI is InChI=1S/C21H32N4O2/c1-16(2)21(27)25-12-10-24(11-13-25)19(18-7-3-4-8-18)20(26)23-15-17-6-5-9-22-14-17/h5-6,9,14,16,18-19H,3-4,7-8,10-13,15H2,1-2H3,(H,23,26). The molecular formula is C21H32N4O2. The van der Waals surface area contributed by atoms with Gasteiger partial charge < -0.3 is 10.2 Å². The number of amides is 2. The van der Waals surface area contributed by atoms with Crippen molar-refractivity contribution in [3.8, 4) is 0 Å².